The number of fused-ring (bicyclic) bond motifs is 1. The van der Waals surface area contributed by atoms with Gasteiger partial charge in [-0.1, -0.05) is 19.4 Å². The maximum Gasteiger partial charge on any atom is 0.337 e. The highest BCUT2D eigenvalue weighted by molar-refractivity contribution is 5.89. The third kappa shape index (κ3) is 5.00. The Kier molecular flexibility index (Phi) is 8.64. The summed E-state index contributed by atoms with van der Waals surface area (Å²) in [6.07, 6.45) is -4.31. The third-order valence-corrected chi connectivity index (χ3v) is 6.05. The van der Waals surface area contributed by atoms with Gasteiger partial charge in [-0.25, -0.2) is 4.79 Å². The van der Waals surface area contributed by atoms with Crippen molar-refractivity contribution in [3.05, 3.63) is 23.5 Å². The fourth-order valence-electron chi connectivity index (χ4n) is 4.26. The van der Waals surface area contributed by atoms with Gasteiger partial charge in [0.1, 0.15) is 24.4 Å². The zero-order valence-corrected chi connectivity index (χ0v) is 18.1. The molecule has 2 heterocycles. The standard InChI is InChI=1S/C21H32O11/c1-3-4-5-29-12-6-10(7-22)14-15(12)11(19(26)28-2)8-30-21(14)31-9-13-16(23)17(24)18(25)20(27)32-13/h6,8,12-18,20-25,27H,3-5,7,9H2,1-2H3/t12-,13+,14+,15-,16+,17-,18+,20+,21-/m0/s1. The topological polar surface area (TPSA) is 164 Å². The predicted octanol–water partition coefficient (Wildman–Crippen LogP) is -1.43. The maximum absolute atomic E-state index is 12.4. The molecule has 182 valence electrons. The molecule has 9 atom stereocenters. The number of ether oxygens (including phenoxy) is 5. The third-order valence-electron chi connectivity index (χ3n) is 6.05. The number of carbonyl (C=O) groups is 1. The molecule has 1 saturated heterocycles. The van der Waals surface area contributed by atoms with Crippen molar-refractivity contribution in [1.29, 1.82) is 0 Å². The summed E-state index contributed by atoms with van der Waals surface area (Å²) in [6.45, 7) is 1.90. The molecular formula is C21H32O11. The number of rotatable bonds is 9. The number of hydrogen-bond acceptors (Lipinski definition) is 11. The van der Waals surface area contributed by atoms with Gasteiger partial charge in [-0.15, -0.1) is 0 Å². The van der Waals surface area contributed by atoms with Gasteiger partial charge in [0.25, 0.3) is 0 Å². The first-order valence-corrected chi connectivity index (χ1v) is 10.7. The molecule has 0 amide bonds. The van der Waals surface area contributed by atoms with Crippen LogP contribution in [0.1, 0.15) is 19.8 Å². The molecule has 3 rings (SSSR count). The number of aliphatic hydroxyl groups is 5. The highest BCUT2D eigenvalue weighted by Gasteiger charge is 2.50. The van der Waals surface area contributed by atoms with Crippen LogP contribution in [0.25, 0.3) is 0 Å². The Morgan fingerprint density at radius 1 is 1.09 bits per heavy atom. The van der Waals surface area contributed by atoms with Gasteiger partial charge in [-0.3, -0.25) is 0 Å². The molecule has 0 radical (unpaired) electrons. The molecule has 0 unspecified atom stereocenters. The van der Waals surface area contributed by atoms with Gasteiger partial charge in [-0.2, -0.15) is 0 Å². The summed E-state index contributed by atoms with van der Waals surface area (Å²) in [5.74, 6) is -1.68. The Hall–Kier alpha value is -1.57. The van der Waals surface area contributed by atoms with Gasteiger partial charge in [0.05, 0.1) is 44.2 Å². The van der Waals surface area contributed by atoms with Crippen molar-refractivity contribution in [3.8, 4) is 0 Å². The monoisotopic (exact) mass is 460 g/mol. The molecule has 3 aliphatic rings. The molecule has 11 nitrogen and oxygen atoms in total. The first-order valence-electron chi connectivity index (χ1n) is 10.7. The van der Waals surface area contributed by atoms with Crippen LogP contribution < -0.4 is 0 Å². The average Bonchev–Trinajstić information content (AvgIpc) is 3.17. The molecule has 0 bridgehead atoms. The van der Waals surface area contributed by atoms with Crippen molar-refractivity contribution in [2.45, 2.75) is 62.9 Å². The van der Waals surface area contributed by atoms with Gasteiger partial charge in [0.15, 0.2) is 6.29 Å². The van der Waals surface area contributed by atoms with E-state index in [1.165, 1.54) is 13.4 Å². The Labute approximate surface area is 185 Å². The van der Waals surface area contributed by atoms with E-state index < -0.39 is 60.9 Å². The second-order valence-electron chi connectivity index (χ2n) is 8.08. The fraction of sp³-hybridized carbons (Fsp3) is 0.762. The fourth-order valence-corrected chi connectivity index (χ4v) is 4.26. The highest BCUT2D eigenvalue weighted by atomic mass is 16.7. The molecule has 0 aromatic carbocycles. The van der Waals surface area contributed by atoms with E-state index in [1.54, 1.807) is 6.08 Å². The summed E-state index contributed by atoms with van der Waals surface area (Å²) in [5, 5.41) is 49.3. The summed E-state index contributed by atoms with van der Waals surface area (Å²) in [5.41, 5.74) is 0.818. The zero-order chi connectivity index (χ0) is 23.4. The van der Waals surface area contributed by atoms with Crippen molar-refractivity contribution < 1.29 is 54.0 Å². The van der Waals surface area contributed by atoms with Crippen LogP contribution in [0.5, 0.6) is 0 Å². The van der Waals surface area contributed by atoms with Crippen LogP contribution in [0.2, 0.25) is 0 Å². The van der Waals surface area contributed by atoms with Gasteiger partial charge in [-0.05, 0) is 12.0 Å². The SMILES string of the molecule is CCCCO[C@H]1C=C(CO)[C@H]2[C@H](OC[C@H]3O[C@@H](O)[C@H](O)[C@@H](O)[C@@H]3O)OC=C(C(=O)OC)[C@H]21. The molecular weight excluding hydrogens is 428 g/mol. The number of methoxy groups -OCH3 is 1. The van der Waals surface area contributed by atoms with Gasteiger partial charge >= 0.3 is 5.97 Å². The summed E-state index contributed by atoms with van der Waals surface area (Å²) < 4.78 is 27.4. The molecule has 0 aromatic heterocycles. The highest BCUT2D eigenvalue weighted by Crippen LogP contribution is 2.45. The van der Waals surface area contributed by atoms with Crippen LogP contribution in [0.15, 0.2) is 23.5 Å². The normalized spacial score (nSPS) is 39.0. The largest absolute Gasteiger partial charge is 0.471 e. The molecule has 0 saturated carbocycles. The Bertz CT molecular complexity index is 708. The van der Waals surface area contributed by atoms with Crippen molar-refractivity contribution in [2.24, 2.45) is 11.8 Å². The Morgan fingerprint density at radius 3 is 2.50 bits per heavy atom. The molecule has 1 fully saturated rings. The average molecular weight is 460 g/mol. The lowest BCUT2D eigenvalue weighted by atomic mass is 9.82. The molecule has 32 heavy (non-hydrogen) atoms. The minimum Gasteiger partial charge on any atom is -0.471 e. The van der Waals surface area contributed by atoms with E-state index in [4.69, 9.17) is 23.7 Å². The first kappa shape index (κ1) is 25.1. The van der Waals surface area contributed by atoms with Gasteiger partial charge < -0.3 is 49.2 Å². The van der Waals surface area contributed by atoms with E-state index in [1.807, 2.05) is 6.92 Å². The van der Waals surface area contributed by atoms with Crippen LogP contribution in [0.3, 0.4) is 0 Å². The van der Waals surface area contributed by atoms with Crippen LogP contribution in [0.4, 0.5) is 0 Å². The molecule has 0 aromatic rings. The lowest BCUT2D eigenvalue weighted by Gasteiger charge is -2.40. The first-order chi connectivity index (χ1) is 15.3. The van der Waals surface area contributed by atoms with Crippen LogP contribution in [-0.2, 0) is 28.5 Å². The molecule has 2 aliphatic heterocycles. The molecule has 0 spiro atoms. The Balaban J connectivity index is 1.77. The lowest BCUT2D eigenvalue weighted by molar-refractivity contribution is -0.297. The van der Waals surface area contributed by atoms with E-state index in [0.717, 1.165) is 12.8 Å². The quantitative estimate of drug-likeness (QED) is 0.156. The minimum absolute atomic E-state index is 0.251. The van der Waals surface area contributed by atoms with E-state index in [9.17, 15) is 30.3 Å². The zero-order valence-electron chi connectivity index (χ0n) is 18.1. The number of esters is 1. The molecule has 11 heteroatoms. The second kappa shape index (κ2) is 11.0. The van der Waals surface area contributed by atoms with Gasteiger partial charge in [0.2, 0.25) is 6.29 Å². The van der Waals surface area contributed by atoms with Crippen molar-refractivity contribution >= 4 is 5.97 Å². The number of aliphatic hydroxyl groups excluding tert-OH is 5. The smallest absolute Gasteiger partial charge is 0.337 e. The molecule has 5 N–H and O–H groups in total. The van der Waals surface area contributed by atoms with E-state index in [-0.39, 0.29) is 18.8 Å². The van der Waals surface area contributed by atoms with Crippen molar-refractivity contribution in [1.82, 2.24) is 0 Å². The molecule has 1 aliphatic carbocycles. The summed E-state index contributed by atoms with van der Waals surface area (Å²) in [6, 6.07) is 0. The second-order valence-corrected chi connectivity index (χ2v) is 8.08. The maximum atomic E-state index is 12.4. The van der Waals surface area contributed by atoms with E-state index in [0.29, 0.717) is 12.2 Å². The lowest BCUT2D eigenvalue weighted by Crippen LogP contribution is -2.59. The summed E-state index contributed by atoms with van der Waals surface area (Å²) in [4.78, 5) is 12.4. The van der Waals surface area contributed by atoms with Crippen molar-refractivity contribution in [3.63, 3.8) is 0 Å². The summed E-state index contributed by atoms with van der Waals surface area (Å²) >= 11 is 0. The van der Waals surface area contributed by atoms with Crippen LogP contribution >= 0.6 is 0 Å². The van der Waals surface area contributed by atoms with E-state index >= 15 is 0 Å². The number of unbranched alkanes of at least 4 members (excludes halogenated alkanes) is 1. The Morgan fingerprint density at radius 2 is 1.84 bits per heavy atom. The summed E-state index contributed by atoms with van der Waals surface area (Å²) in [7, 11) is 1.26. The van der Waals surface area contributed by atoms with E-state index in [2.05, 4.69) is 0 Å². The predicted molar refractivity (Wildman–Crippen MR) is 107 cm³/mol. The van der Waals surface area contributed by atoms with Gasteiger partial charge in [0, 0.05) is 12.5 Å². The number of carbonyl (C=O) groups excluding carboxylic acids is 1. The minimum atomic E-state index is -1.69. The van der Waals surface area contributed by atoms with Crippen molar-refractivity contribution in [2.75, 3.05) is 26.9 Å². The number of hydrogen-bond donors (Lipinski definition) is 5. The van der Waals surface area contributed by atoms with Crippen LogP contribution in [-0.4, -0.2) is 102 Å². The van der Waals surface area contributed by atoms with Crippen LogP contribution in [0, 0.1) is 11.8 Å².